The molecule has 0 aromatic heterocycles. The third-order valence-corrected chi connectivity index (χ3v) is 3.48. The quantitative estimate of drug-likeness (QED) is 0.534. The summed E-state index contributed by atoms with van der Waals surface area (Å²) in [5.74, 6) is -1.01. The predicted octanol–water partition coefficient (Wildman–Crippen LogP) is 5.28. The van der Waals surface area contributed by atoms with Crippen LogP contribution in [-0.4, -0.2) is 9.85 Å². The Hall–Kier alpha value is -2.88. The van der Waals surface area contributed by atoms with E-state index in [-0.39, 0.29) is 11.8 Å². The first-order chi connectivity index (χ1) is 11.5. The molecule has 0 atom stereocenters. The van der Waals surface area contributed by atoms with Crippen LogP contribution in [0.25, 0.3) is 0 Å². The van der Waals surface area contributed by atoms with E-state index in [1.807, 2.05) is 0 Å². The lowest BCUT2D eigenvalue weighted by atomic mass is 10.1. The fourth-order valence-corrected chi connectivity index (χ4v) is 2.26. The first-order valence-electron chi connectivity index (χ1n) is 6.49. The molecule has 132 valence electrons. The Morgan fingerprint density at radius 2 is 1.64 bits per heavy atom. The van der Waals surface area contributed by atoms with Gasteiger partial charge in [0.2, 0.25) is 0 Å². The molecule has 0 aliphatic carbocycles. The summed E-state index contributed by atoms with van der Waals surface area (Å²) in [7, 11) is 0. The van der Waals surface area contributed by atoms with Crippen LogP contribution in [0.3, 0.4) is 0 Å². The number of aryl methyl sites for hydroxylation is 1. The zero-order valence-corrected chi connectivity index (χ0v) is 13.1. The summed E-state index contributed by atoms with van der Waals surface area (Å²) >= 11 is 5.50. The minimum Gasteiger partial charge on any atom is -0.444 e. The van der Waals surface area contributed by atoms with E-state index in [2.05, 4.69) is 0 Å². The van der Waals surface area contributed by atoms with Crippen LogP contribution < -0.4 is 4.74 Å². The number of alkyl halides is 3. The van der Waals surface area contributed by atoms with E-state index >= 15 is 0 Å². The average molecular weight is 377 g/mol. The minimum atomic E-state index is -5.12. The van der Waals surface area contributed by atoms with Gasteiger partial charge in [-0.2, -0.15) is 13.2 Å². The summed E-state index contributed by atoms with van der Waals surface area (Å²) < 4.78 is 44.0. The molecule has 0 unspecified atom stereocenters. The second-order valence-electron chi connectivity index (χ2n) is 4.86. The zero-order valence-electron chi connectivity index (χ0n) is 12.3. The molecule has 0 saturated carbocycles. The molecule has 0 heterocycles. The Bertz CT molecular complexity index is 853. The number of nitrogens with zero attached hydrogens (tertiary/aromatic N) is 2. The van der Waals surface area contributed by atoms with Crippen LogP contribution >= 0.6 is 11.6 Å². The van der Waals surface area contributed by atoms with Crippen molar-refractivity contribution < 1.29 is 27.8 Å². The van der Waals surface area contributed by atoms with Crippen molar-refractivity contribution in [3.8, 4) is 11.5 Å². The number of hydrogen-bond donors (Lipinski definition) is 0. The summed E-state index contributed by atoms with van der Waals surface area (Å²) in [6.07, 6.45) is -5.12. The molecule has 25 heavy (non-hydrogen) atoms. The number of nitro benzene ring substituents is 2. The maximum atomic E-state index is 13.0. The van der Waals surface area contributed by atoms with Gasteiger partial charge in [-0.05, 0) is 19.1 Å². The van der Waals surface area contributed by atoms with Crippen molar-refractivity contribution in [3.63, 3.8) is 0 Å². The molecule has 2 aromatic carbocycles. The highest BCUT2D eigenvalue weighted by Gasteiger charge is 2.43. The largest absolute Gasteiger partial charge is 0.444 e. The summed E-state index contributed by atoms with van der Waals surface area (Å²) in [6.45, 7) is 1.74. The van der Waals surface area contributed by atoms with Gasteiger partial charge in [-0.3, -0.25) is 20.2 Å². The Balaban J connectivity index is 2.76. The second kappa shape index (κ2) is 6.55. The van der Waals surface area contributed by atoms with Gasteiger partial charge in [0.1, 0.15) is 10.8 Å². The number of nitro groups is 2. The number of hydrogen-bond acceptors (Lipinski definition) is 5. The number of ether oxygens (including phenoxy) is 1. The van der Waals surface area contributed by atoms with Crippen LogP contribution in [0.2, 0.25) is 5.02 Å². The topological polar surface area (TPSA) is 95.5 Å². The van der Waals surface area contributed by atoms with Crippen LogP contribution in [-0.2, 0) is 6.18 Å². The summed E-state index contributed by atoms with van der Waals surface area (Å²) in [4.78, 5) is 19.9. The summed E-state index contributed by atoms with van der Waals surface area (Å²) in [6, 6.07) is 5.93. The van der Waals surface area contributed by atoms with Crippen molar-refractivity contribution in [3.05, 3.63) is 66.7 Å². The fraction of sp³-hybridized carbons (Fsp3) is 0.143. The molecular formula is C14H8ClF3N2O5. The van der Waals surface area contributed by atoms with Gasteiger partial charge in [0.25, 0.3) is 5.75 Å². The molecule has 0 fully saturated rings. The Labute approximate surface area is 142 Å². The number of rotatable bonds is 4. The van der Waals surface area contributed by atoms with Crippen LogP contribution in [0.5, 0.6) is 11.5 Å². The third-order valence-electron chi connectivity index (χ3n) is 3.10. The molecule has 0 bridgehead atoms. The van der Waals surface area contributed by atoms with E-state index in [9.17, 15) is 33.4 Å². The van der Waals surface area contributed by atoms with E-state index in [1.54, 1.807) is 19.1 Å². The second-order valence-corrected chi connectivity index (χ2v) is 5.24. The van der Waals surface area contributed by atoms with Crippen molar-refractivity contribution in [2.24, 2.45) is 0 Å². The van der Waals surface area contributed by atoms with Crippen molar-refractivity contribution >= 4 is 23.0 Å². The van der Waals surface area contributed by atoms with Gasteiger partial charge in [-0.15, -0.1) is 0 Å². The normalized spacial score (nSPS) is 11.2. The van der Waals surface area contributed by atoms with Gasteiger partial charge < -0.3 is 4.74 Å². The summed E-state index contributed by atoms with van der Waals surface area (Å²) in [5, 5.41) is 21.0. The highest BCUT2D eigenvalue weighted by Crippen LogP contribution is 2.49. The molecule has 11 heteroatoms. The molecule has 0 radical (unpaired) electrons. The van der Waals surface area contributed by atoms with Crippen LogP contribution in [0, 0.1) is 27.2 Å². The molecule has 0 amide bonds. The van der Waals surface area contributed by atoms with E-state index in [1.165, 1.54) is 12.1 Å². The molecule has 0 N–H and O–H groups in total. The highest BCUT2D eigenvalue weighted by atomic mass is 35.5. The van der Waals surface area contributed by atoms with Gasteiger partial charge >= 0.3 is 17.6 Å². The first-order valence-corrected chi connectivity index (χ1v) is 6.87. The van der Waals surface area contributed by atoms with Crippen molar-refractivity contribution in [2.75, 3.05) is 0 Å². The molecule has 0 saturated heterocycles. The van der Waals surface area contributed by atoms with Crippen molar-refractivity contribution in [2.45, 2.75) is 13.1 Å². The fourth-order valence-electron chi connectivity index (χ4n) is 1.94. The SMILES string of the molecule is Cc1ccc(Oc2c([N+](=O)[O-])cc(C(F)(F)F)c(Cl)c2[N+](=O)[O-])cc1. The van der Waals surface area contributed by atoms with E-state index in [4.69, 9.17) is 16.3 Å². The third kappa shape index (κ3) is 3.79. The lowest BCUT2D eigenvalue weighted by Crippen LogP contribution is -2.10. The van der Waals surface area contributed by atoms with Crippen LogP contribution in [0.15, 0.2) is 30.3 Å². The smallest absolute Gasteiger partial charge is 0.418 e. The number of benzene rings is 2. The molecule has 2 aromatic rings. The summed E-state index contributed by atoms with van der Waals surface area (Å²) in [5.41, 5.74) is -3.43. The molecule has 2 rings (SSSR count). The molecule has 7 nitrogen and oxygen atoms in total. The maximum absolute atomic E-state index is 13.0. The lowest BCUT2D eigenvalue weighted by Gasteiger charge is -2.13. The maximum Gasteiger partial charge on any atom is 0.418 e. The Morgan fingerprint density at radius 3 is 2.08 bits per heavy atom. The predicted molar refractivity (Wildman–Crippen MR) is 81.0 cm³/mol. The average Bonchev–Trinajstić information content (AvgIpc) is 2.47. The standard InChI is InChI=1S/C14H8ClF3N2O5/c1-7-2-4-8(5-3-7)25-13-10(19(21)22)6-9(14(16,17)18)11(15)12(13)20(23)24/h2-6H,1H3. The van der Waals surface area contributed by atoms with Crippen LogP contribution in [0.4, 0.5) is 24.5 Å². The Morgan fingerprint density at radius 1 is 1.08 bits per heavy atom. The lowest BCUT2D eigenvalue weighted by molar-refractivity contribution is -0.395. The van der Waals surface area contributed by atoms with Crippen molar-refractivity contribution in [1.29, 1.82) is 0 Å². The van der Waals surface area contributed by atoms with Crippen molar-refractivity contribution in [1.82, 2.24) is 0 Å². The van der Waals surface area contributed by atoms with Gasteiger partial charge in [0.05, 0.1) is 15.4 Å². The first kappa shape index (κ1) is 18.5. The monoisotopic (exact) mass is 376 g/mol. The zero-order chi connectivity index (χ0) is 18.9. The van der Waals surface area contributed by atoms with E-state index in [0.717, 1.165) is 5.56 Å². The molecule has 0 aliphatic rings. The highest BCUT2D eigenvalue weighted by molar-refractivity contribution is 6.34. The van der Waals surface area contributed by atoms with Gasteiger partial charge in [0, 0.05) is 6.07 Å². The van der Waals surface area contributed by atoms with Gasteiger partial charge in [-0.1, -0.05) is 29.3 Å². The molecule has 0 aliphatic heterocycles. The van der Waals surface area contributed by atoms with E-state index in [0.29, 0.717) is 0 Å². The number of halogens is 4. The van der Waals surface area contributed by atoms with Crippen LogP contribution in [0.1, 0.15) is 11.1 Å². The molecular weight excluding hydrogens is 369 g/mol. The van der Waals surface area contributed by atoms with E-state index < -0.39 is 43.7 Å². The molecule has 0 spiro atoms. The minimum absolute atomic E-state index is 0.0346. The van der Waals surface area contributed by atoms with Gasteiger partial charge in [-0.25, -0.2) is 0 Å². The van der Waals surface area contributed by atoms with Gasteiger partial charge in [0.15, 0.2) is 0 Å². The Kier molecular flexibility index (Phi) is 4.84.